The highest BCUT2D eigenvalue weighted by Gasteiger charge is 2.38. The number of piperazine rings is 1. The zero-order chi connectivity index (χ0) is 25.1. The summed E-state index contributed by atoms with van der Waals surface area (Å²) in [7, 11) is -3.59. The van der Waals surface area contributed by atoms with Crippen LogP contribution in [0.2, 0.25) is 0 Å². The van der Waals surface area contributed by atoms with E-state index in [9.17, 15) is 26.4 Å². The molecule has 0 unspecified atom stereocenters. The van der Waals surface area contributed by atoms with Crippen molar-refractivity contribution in [2.75, 3.05) is 39.3 Å². The number of rotatable bonds is 9. The number of aliphatic carboxylic acids is 1. The third-order valence-corrected chi connectivity index (χ3v) is 7.07. The lowest BCUT2D eigenvalue weighted by Crippen LogP contribution is -2.47. The Labute approximate surface area is 192 Å². The van der Waals surface area contributed by atoms with Gasteiger partial charge in [0.2, 0.25) is 15.9 Å². The molecular formula is C21H32F3N3O5S. The van der Waals surface area contributed by atoms with E-state index in [0.717, 1.165) is 37.9 Å². The predicted molar refractivity (Wildman–Crippen MR) is 117 cm³/mol. The van der Waals surface area contributed by atoms with Crippen molar-refractivity contribution in [3.05, 3.63) is 29.8 Å². The molecule has 12 heteroatoms. The molecule has 0 atom stereocenters. The quantitative estimate of drug-likeness (QED) is 0.510. The molecule has 0 saturated carbocycles. The van der Waals surface area contributed by atoms with Crippen LogP contribution in [-0.4, -0.2) is 80.1 Å². The summed E-state index contributed by atoms with van der Waals surface area (Å²) in [6, 6.07) is 7.04. The van der Waals surface area contributed by atoms with Crippen molar-refractivity contribution < 1.29 is 36.3 Å². The van der Waals surface area contributed by atoms with Crippen LogP contribution in [0.5, 0.6) is 0 Å². The second-order valence-electron chi connectivity index (χ2n) is 7.56. The molecule has 1 heterocycles. The standard InChI is InChI=1S/C19H31N3O3S.C2HF3O2/c1-3-4-7-13-22(14-10-19(23)21-15-11-20-12-16-21)26(24,25)18-9-6-5-8-17(18)2;3-2(4,5)1(6)7/h5-6,8-9,20H,3-4,7,10-16H2,1-2H3;(H,6,7). The van der Waals surface area contributed by atoms with Crippen molar-refractivity contribution in [3.63, 3.8) is 0 Å². The van der Waals surface area contributed by atoms with Gasteiger partial charge in [-0.25, -0.2) is 13.2 Å². The summed E-state index contributed by atoms with van der Waals surface area (Å²) in [6.07, 6.45) is -2.04. The largest absolute Gasteiger partial charge is 0.490 e. The summed E-state index contributed by atoms with van der Waals surface area (Å²) in [5, 5.41) is 10.3. The van der Waals surface area contributed by atoms with Gasteiger partial charge >= 0.3 is 12.1 Å². The Morgan fingerprint density at radius 1 is 1.12 bits per heavy atom. The molecule has 0 aliphatic carbocycles. The lowest BCUT2D eigenvalue weighted by molar-refractivity contribution is -0.192. The summed E-state index contributed by atoms with van der Waals surface area (Å²) in [5.74, 6) is -2.72. The van der Waals surface area contributed by atoms with Gasteiger partial charge in [-0.2, -0.15) is 17.5 Å². The fourth-order valence-electron chi connectivity index (χ4n) is 3.17. The summed E-state index contributed by atoms with van der Waals surface area (Å²) in [6.45, 7) is 7.58. The molecule has 0 aromatic heterocycles. The fourth-order valence-corrected chi connectivity index (χ4v) is 4.87. The first-order valence-electron chi connectivity index (χ1n) is 10.8. The Kier molecular flexibility index (Phi) is 11.8. The number of aryl methyl sites for hydroxylation is 1. The number of amides is 1. The van der Waals surface area contributed by atoms with Crippen molar-refractivity contribution in [1.82, 2.24) is 14.5 Å². The number of nitrogens with zero attached hydrogens (tertiary/aromatic N) is 2. The number of hydrogen-bond donors (Lipinski definition) is 2. The Morgan fingerprint density at radius 3 is 2.21 bits per heavy atom. The molecule has 0 radical (unpaired) electrons. The number of alkyl halides is 3. The monoisotopic (exact) mass is 495 g/mol. The van der Waals surface area contributed by atoms with E-state index in [4.69, 9.17) is 9.90 Å². The van der Waals surface area contributed by atoms with E-state index < -0.39 is 22.2 Å². The number of carbonyl (C=O) groups is 2. The average Bonchev–Trinajstić information content (AvgIpc) is 2.76. The normalized spacial score (nSPS) is 14.5. The van der Waals surface area contributed by atoms with Gasteiger partial charge in [-0.1, -0.05) is 38.0 Å². The lowest BCUT2D eigenvalue weighted by Gasteiger charge is -2.29. The van der Waals surface area contributed by atoms with Crippen LogP contribution in [0.15, 0.2) is 29.2 Å². The maximum Gasteiger partial charge on any atom is 0.490 e. The molecule has 2 N–H and O–H groups in total. The number of carboxylic acid groups (broad SMARTS) is 1. The van der Waals surface area contributed by atoms with Crippen LogP contribution >= 0.6 is 0 Å². The number of hydrogen-bond acceptors (Lipinski definition) is 5. The van der Waals surface area contributed by atoms with E-state index in [-0.39, 0.29) is 18.9 Å². The van der Waals surface area contributed by atoms with Crippen LogP contribution in [0, 0.1) is 6.92 Å². The van der Waals surface area contributed by atoms with Crippen LogP contribution in [0.1, 0.15) is 38.2 Å². The number of carbonyl (C=O) groups excluding carboxylic acids is 1. The second kappa shape index (κ2) is 13.5. The molecule has 1 amide bonds. The molecule has 0 spiro atoms. The lowest BCUT2D eigenvalue weighted by atomic mass is 10.2. The van der Waals surface area contributed by atoms with Gasteiger partial charge in [-0.15, -0.1) is 0 Å². The predicted octanol–water partition coefficient (Wildman–Crippen LogP) is 2.63. The minimum absolute atomic E-state index is 0.0342. The van der Waals surface area contributed by atoms with Crippen LogP contribution < -0.4 is 5.32 Å². The minimum atomic E-state index is -5.08. The smallest absolute Gasteiger partial charge is 0.475 e. The third kappa shape index (κ3) is 9.68. The van der Waals surface area contributed by atoms with Crippen molar-refractivity contribution in [1.29, 1.82) is 0 Å². The Hall–Kier alpha value is -2.18. The Balaban J connectivity index is 0.000000675. The molecule has 1 aliphatic rings. The molecule has 1 saturated heterocycles. The zero-order valence-corrected chi connectivity index (χ0v) is 19.7. The fraction of sp³-hybridized carbons (Fsp3) is 0.619. The number of nitrogens with one attached hydrogen (secondary N) is 1. The SMILES string of the molecule is CCCCCN(CCC(=O)N1CCNCC1)S(=O)(=O)c1ccccc1C.O=C(O)C(F)(F)F. The van der Waals surface area contributed by atoms with Crippen molar-refractivity contribution in [2.45, 2.75) is 50.6 Å². The van der Waals surface area contributed by atoms with E-state index in [1.807, 2.05) is 24.0 Å². The topological polar surface area (TPSA) is 107 Å². The van der Waals surface area contributed by atoms with E-state index >= 15 is 0 Å². The first kappa shape index (κ1) is 28.9. The highest BCUT2D eigenvalue weighted by Crippen LogP contribution is 2.21. The first-order chi connectivity index (χ1) is 15.4. The van der Waals surface area contributed by atoms with Gasteiger partial charge in [-0.05, 0) is 25.0 Å². The van der Waals surface area contributed by atoms with Gasteiger partial charge in [-0.3, -0.25) is 4.79 Å². The van der Waals surface area contributed by atoms with Gasteiger partial charge in [0.05, 0.1) is 4.90 Å². The van der Waals surface area contributed by atoms with Gasteiger partial charge in [0.25, 0.3) is 0 Å². The van der Waals surface area contributed by atoms with Crippen LogP contribution in [-0.2, 0) is 19.6 Å². The van der Waals surface area contributed by atoms with E-state index in [0.29, 0.717) is 24.5 Å². The van der Waals surface area contributed by atoms with Crippen LogP contribution in [0.3, 0.4) is 0 Å². The van der Waals surface area contributed by atoms with Gasteiger partial charge in [0.1, 0.15) is 0 Å². The molecule has 188 valence electrons. The highest BCUT2D eigenvalue weighted by atomic mass is 32.2. The maximum absolute atomic E-state index is 13.1. The molecular weight excluding hydrogens is 463 g/mol. The molecule has 8 nitrogen and oxygen atoms in total. The summed E-state index contributed by atoms with van der Waals surface area (Å²) in [5.41, 5.74) is 0.737. The van der Waals surface area contributed by atoms with E-state index in [1.54, 1.807) is 12.1 Å². The number of carboxylic acids is 1. The van der Waals surface area contributed by atoms with Crippen LogP contribution in [0.25, 0.3) is 0 Å². The van der Waals surface area contributed by atoms with Gasteiger partial charge in [0, 0.05) is 45.7 Å². The molecule has 1 aromatic rings. The van der Waals surface area contributed by atoms with Crippen molar-refractivity contribution >= 4 is 21.9 Å². The molecule has 0 bridgehead atoms. The summed E-state index contributed by atoms with van der Waals surface area (Å²) >= 11 is 0. The highest BCUT2D eigenvalue weighted by molar-refractivity contribution is 7.89. The average molecular weight is 496 g/mol. The van der Waals surface area contributed by atoms with Crippen molar-refractivity contribution in [2.24, 2.45) is 0 Å². The van der Waals surface area contributed by atoms with Gasteiger partial charge < -0.3 is 15.3 Å². The molecule has 1 fully saturated rings. The third-order valence-electron chi connectivity index (χ3n) is 5.01. The van der Waals surface area contributed by atoms with E-state index in [1.165, 1.54) is 4.31 Å². The summed E-state index contributed by atoms with van der Waals surface area (Å²) < 4.78 is 59.5. The Morgan fingerprint density at radius 2 is 1.70 bits per heavy atom. The zero-order valence-electron chi connectivity index (χ0n) is 18.9. The Bertz CT molecular complexity index is 872. The van der Waals surface area contributed by atoms with Gasteiger partial charge in [0.15, 0.2) is 0 Å². The van der Waals surface area contributed by atoms with Crippen molar-refractivity contribution in [3.8, 4) is 0 Å². The second-order valence-corrected chi connectivity index (χ2v) is 9.47. The van der Waals surface area contributed by atoms with Crippen LogP contribution in [0.4, 0.5) is 13.2 Å². The molecule has 1 aromatic carbocycles. The number of unbranched alkanes of at least 4 members (excludes halogenated alkanes) is 2. The molecule has 1 aliphatic heterocycles. The summed E-state index contributed by atoms with van der Waals surface area (Å²) in [4.78, 5) is 23.5. The number of sulfonamides is 1. The minimum Gasteiger partial charge on any atom is -0.475 e. The number of halogens is 3. The first-order valence-corrected chi connectivity index (χ1v) is 12.2. The molecule has 2 rings (SSSR count). The maximum atomic E-state index is 13.1. The van der Waals surface area contributed by atoms with E-state index in [2.05, 4.69) is 12.2 Å². The molecule has 33 heavy (non-hydrogen) atoms. The number of benzene rings is 1.